The lowest BCUT2D eigenvalue weighted by Gasteiger charge is -2.05. The van der Waals surface area contributed by atoms with Crippen LogP contribution in [0.5, 0.6) is 0 Å². The quantitative estimate of drug-likeness (QED) is 0.799. The van der Waals surface area contributed by atoms with E-state index in [4.69, 9.17) is 9.63 Å². The Kier molecular flexibility index (Phi) is 3.61. The Hall–Kier alpha value is -3.09. The predicted octanol–water partition coefficient (Wildman–Crippen LogP) is 2.57. The van der Waals surface area contributed by atoms with Crippen molar-refractivity contribution in [2.45, 2.75) is 19.9 Å². The van der Waals surface area contributed by atoms with Gasteiger partial charge in [0.15, 0.2) is 0 Å². The molecule has 1 aromatic carbocycles. The van der Waals surface area contributed by atoms with E-state index in [2.05, 4.69) is 5.16 Å². The number of rotatable bonds is 4. The van der Waals surface area contributed by atoms with Crippen LogP contribution in [0.2, 0.25) is 0 Å². The van der Waals surface area contributed by atoms with Gasteiger partial charge in [-0.3, -0.25) is 9.13 Å². The molecular weight excluding hydrogens is 298 g/mol. The monoisotopic (exact) mass is 313 g/mol. The minimum Gasteiger partial charge on any atom is -0.475 e. The Morgan fingerprint density at radius 3 is 2.43 bits per heavy atom. The molecule has 2 aromatic heterocycles. The summed E-state index contributed by atoms with van der Waals surface area (Å²) in [5, 5.41) is 12.6. The molecule has 0 saturated carbocycles. The van der Waals surface area contributed by atoms with Crippen molar-refractivity contribution in [3.8, 4) is 16.9 Å². The number of hydrogen-bond acceptors (Lipinski definition) is 4. The zero-order chi connectivity index (χ0) is 16.6. The normalized spacial score (nSPS) is 11.1. The van der Waals surface area contributed by atoms with Crippen LogP contribution in [0.15, 0.2) is 52.0 Å². The van der Waals surface area contributed by atoms with Crippen molar-refractivity contribution in [1.29, 1.82) is 0 Å². The lowest BCUT2D eigenvalue weighted by molar-refractivity contribution is 0.0652. The number of aromatic carboxylic acids is 1. The Morgan fingerprint density at radius 1 is 1.22 bits per heavy atom. The van der Waals surface area contributed by atoms with E-state index >= 15 is 0 Å². The second-order valence-electron chi connectivity index (χ2n) is 5.38. The molecule has 0 radical (unpaired) electrons. The second-order valence-corrected chi connectivity index (χ2v) is 5.38. The highest BCUT2D eigenvalue weighted by Gasteiger charge is 2.13. The van der Waals surface area contributed by atoms with E-state index in [-0.39, 0.29) is 17.5 Å². The van der Waals surface area contributed by atoms with Crippen molar-refractivity contribution in [3.05, 3.63) is 59.0 Å². The van der Waals surface area contributed by atoms with Crippen LogP contribution in [0.1, 0.15) is 30.4 Å². The number of nitrogens with zero attached hydrogens (tertiary/aromatic N) is 3. The van der Waals surface area contributed by atoms with Gasteiger partial charge in [-0.1, -0.05) is 17.3 Å². The van der Waals surface area contributed by atoms with Crippen LogP contribution < -0.4 is 5.69 Å². The minimum atomic E-state index is -1.16. The van der Waals surface area contributed by atoms with E-state index in [0.29, 0.717) is 11.3 Å². The predicted molar refractivity (Wildman–Crippen MR) is 82.9 cm³/mol. The summed E-state index contributed by atoms with van der Waals surface area (Å²) in [7, 11) is 0. The van der Waals surface area contributed by atoms with Gasteiger partial charge >= 0.3 is 11.7 Å². The molecule has 0 bridgehead atoms. The molecule has 23 heavy (non-hydrogen) atoms. The third-order valence-electron chi connectivity index (χ3n) is 3.52. The highest BCUT2D eigenvalue weighted by molar-refractivity contribution is 5.85. The molecule has 0 atom stereocenters. The third-order valence-corrected chi connectivity index (χ3v) is 3.52. The van der Waals surface area contributed by atoms with E-state index in [1.807, 2.05) is 13.8 Å². The summed E-state index contributed by atoms with van der Waals surface area (Å²) in [5.74, 6) is -1.38. The third kappa shape index (κ3) is 2.68. The Morgan fingerprint density at radius 2 is 1.91 bits per heavy atom. The van der Waals surface area contributed by atoms with Gasteiger partial charge < -0.3 is 9.63 Å². The SMILES string of the molecule is CC(C)n1ccn(-c2ccc(-c3cc(C(=O)O)on3)cc2)c1=O. The first-order chi connectivity index (χ1) is 11.0. The first-order valence-corrected chi connectivity index (χ1v) is 7.07. The molecule has 0 spiro atoms. The molecule has 2 heterocycles. The fourth-order valence-electron chi connectivity index (χ4n) is 2.28. The number of aromatic nitrogens is 3. The maximum absolute atomic E-state index is 12.3. The second kappa shape index (κ2) is 5.60. The molecule has 7 heteroatoms. The highest BCUT2D eigenvalue weighted by atomic mass is 16.5. The van der Waals surface area contributed by atoms with E-state index in [9.17, 15) is 9.59 Å². The topological polar surface area (TPSA) is 90.3 Å². The van der Waals surface area contributed by atoms with Crippen LogP contribution in [-0.4, -0.2) is 25.4 Å². The summed E-state index contributed by atoms with van der Waals surface area (Å²) in [6, 6.07) is 8.52. The summed E-state index contributed by atoms with van der Waals surface area (Å²) in [6.45, 7) is 3.89. The fourth-order valence-corrected chi connectivity index (χ4v) is 2.28. The van der Waals surface area contributed by atoms with Crippen molar-refractivity contribution in [2.24, 2.45) is 0 Å². The van der Waals surface area contributed by atoms with Crippen LogP contribution in [-0.2, 0) is 0 Å². The molecule has 0 aliphatic rings. The van der Waals surface area contributed by atoms with Crippen molar-refractivity contribution in [3.63, 3.8) is 0 Å². The molecule has 3 rings (SSSR count). The molecule has 3 aromatic rings. The van der Waals surface area contributed by atoms with Gasteiger partial charge in [0.05, 0.1) is 5.69 Å². The van der Waals surface area contributed by atoms with Gasteiger partial charge in [0, 0.05) is 30.1 Å². The van der Waals surface area contributed by atoms with E-state index in [1.165, 1.54) is 6.07 Å². The number of imidazole rings is 1. The van der Waals surface area contributed by atoms with E-state index in [0.717, 1.165) is 5.69 Å². The molecule has 0 amide bonds. The standard InChI is InChI=1S/C16H15N3O4/c1-10(2)18-7-8-19(16(18)22)12-5-3-11(4-6-12)13-9-14(15(20)21)23-17-13/h3-10H,1-2H3,(H,20,21). The average Bonchev–Trinajstić information content (AvgIpc) is 3.14. The number of carboxylic acids is 1. The number of benzene rings is 1. The van der Waals surface area contributed by atoms with Gasteiger partial charge in [0.1, 0.15) is 5.69 Å². The first kappa shape index (κ1) is 14.8. The smallest absolute Gasteiger partial charge is 0.374 e. The highest BCUT2D eigenvalue weighted by Crippen LogP contribution is 2.20. The van der Waals surface area contributed by atoms with Crippen LogP contribution in [0.4, 0.5) is 0 Å². The zero-order valence-electron chi connectivity index (χ0n) is 12.6. The lowest BCUT2D eigenvalue weighted by atomic mass is 10.1. The van der Waals surface area contributed by atoms with Crippen molar-refractivity contribution < 1.29 is 14.4 Å². The molecular formula is C16H15N3O4. The van der Waals surface area contributed by atoms with Crippen LogP contribution in [0, 0.1) is 0 Å². The van der Waals surface area contributed by atoms with Crippen molar-refractivity contribution in [1.82, 2.24) is 14.3 Å². The summed E-state index contributed by atoms with van der Waals surface area (Å²) < 4.78 is 7.93. The molecule has 0 fully saturated rings. The first-order valence-electron chi connectivity index (χ1n) is 7.07. The van der Waals surface area contributed by atoms with E-state index in [1.54, 1.807) is 45.8 Å². The zero-order valence-corrected chi connectivity index (χ0v) is 12.6. The maximum atomic E-state index is 12.3. The number of carbonyl (C=O) groups is 1. The van der Waals surface area contributed by atoms with Gasteiger partial charge in [-0.2, -0.15) is 0 Å². The minimum absolute atomic E-state index is 0.0904. The Bertz CT molecular complexity index is 900. The summed E-state index contributed by atoms with van der Waals surface area (Å²) in [5.41, 5.74) is 1.75. The van der Waals surface area contributed by atoms with Gasteiger partial charge in [-0.05, 0) is 26.0 Å². The molecule has 7 nitrogen and oxygen atoms in total. The van der Waals surface area contributed by atoms with Gasteiger partial charge in [-0.25, -0.2) is 9.59 Å². The Labute approximate surface area is 131 Å². The largest absolute Gasteiger partial charge is 0.475 e. The van der Waals surface area contributed by atoms with Crippen LogP contribution in [0.25, 0.3) is 16.9 Å². The lowest BCUT2D eigenvalue weighted by Crippen LogP contribution is -2.24. The molecule has 0 saturated heterocycles. The summed E-state index contributed by atoms with van der Waals surface area (Å²) in [4.78, 5) is 23.1. The van der Waals surface area contributed by atoms with Crippen molar-refractivity contribution in [2.75, 3.05) is 0 Å². The molecule has 0 aliphatic carbocycles. The van der Waals surface area contributed by atoms with E-state index < -0.39 is 5.97 Å². The van der Waals surface area contributed by atoms with Gasteiger partial charge in [-0.15, -0.1) is 0 Å². The fraction of sp³-hybridized carbons (Fsp3) is 0.188. The van der Waals surface area contributed by atoms with Crippen molar-refractivity contribution >= 4 is 5.97 Å². The Balaban J connectivity index is 1.93. The van der Waals surface area contributed by atoms with Gasteiger partial charge in [0.2, 0.25) is 5.76 Å². The molecule has 0 aliphatic heterocycles. The number of carboxylic acid groups (broad SMARTS) is 1. The maximum Gasteiger partial charge on any atom is 0.374 e. The van der Waals surface area contributed by atoms with Crippen LogP contribution >= 0.6 is 0 Å². The summed E-state index contributed by atoms with van der Waals surface area (Å²) in [6.07, 6.45) is 3.47. The molecule has 1 N–H and O–H groups in total. The summed E-state index contributed by atoms with van der Waals surface area (Å²) >= 11 is 0. The van der Waals surface area contributed by atoms with Gasteiger partial charge in [0.25, 0.3) is 0 Å². The molecule has 118 valence electrons. The average molecular weight is 313 g/mol. The molecule has 0 unspecified atom stereocenters. The van der Waals surface area contributed by atoms with Crippen LogP contribution in [0.3, 0.4) is 0 Å². The number of hydrogen-bond donors (Lipinski definition) is 1.